The average Bonchev–Trinajstić information content (AvgIpc) is 4.11. The fourth-order valence-electron chi connectivity index (χ4n) is 7.67. The molecule has 420 valence electrons. The van der Waals surface area contributed by atoms with Gasteiger partial charge in [-0.15, -0.1) is 0 Å². The minimum absolute atomic E-state index is 0.0136. The van der Waals surface area contributed by atoms with E-state index < -0.39 is 120 Å². The summed E-state index contributed by atoms with van der Waals surface area (Å²) in [5.41, 5.74) is -2.69. The number of ether oxygens (including phenoxy) is 2. The number of likely N-dealkylation sites (tertiary alicyclic amines) is 1. The van der Waals surface area contributed by atoms with Crippen LogP contribution in [-0.4, -0.2) is 170 Å². The number of amides is 4. The lowest BCUT2D eigenvalue weighted by Crippen LogP contribution is -2.53. The molecule has 4 amide bonds. The van der Waals surface area contributed by atoms with Crippen molar-refractivity contribution >= 4 is 99.7 Å². The maximum Gasteiger partial charge on any atom is 0.341 e. The van der Waals surface area contributed by atoms with Gasteiger partial charge in [0.15, 0.2) is 18.2 Å². The maximum absolute atomic E-state index is 13.1. The summed E-state index contributed by atoms with van der Waals surface area (Å²) in [6.07, 6.45) is -0.583. The number of hydrogen-bond acceptors (Lipinski definition) is 18. The number of carbonyl (C=O) groups excluding carboxylic acids is 7. The molecule has 0 radical (unpaired) electrons. The summed E-state index contributed by atoms with van der Waals surface area (Å²) in [6.45, 7) is 10.8. The molecule has 3 aliphatic heterocycles. The van der Waals surface area contributed by atoms with Crippen LogP contribution >= 0.6 is 23.2 Å². The molecular weight excluding hydrogens is 1050 g/mol. The van der Waals surface area contributed by atoms with Gasteiger partial charge in [-0.05, 0) is 50.7 Å². The number of oxime groups is 2. The van der Waals surface area contributed by atoms with E-state index >= 15 is 0 Å². The molecule has 3 aliphatic rings. The van der Waals surface area contributed by atoms with Crippen LogP contribution < -0.4 is 21.3 Å². The Kier molecular flexibility index (Phi) is 24.7. The first-order valence-corrected chi connectivity index (χ1v) is 24.9. The summed E-state index contributed by atoms with van der Waals surface area (Å²) < 4.78 is 10.4. The number of rotatable bonds is 29. The zero-order chi connectivity index (χ0) is 57.1. The molecule has 28 heteroatoms. The number of carbonyl (C=O) groups is 11. The predicted molar refractivity (Wildman–Crippen MR) is 267 cm³/mol. The van der Waals surface area contributed by atoms with Crippen molar-refractivity contribution in [1.29, 1.82) is 0 Å². The SMILES string of the molecule is CC(C)[C@H](NC(=O)CCC(=O)O)C1=NOC(C)(C(=O)N[C@@H](CC(=O)O)C(=O)COC(=O)c2c(Cl)cccc2Cl)C1.CC(C)[C@H](NC(=O)CCC(=O)O)C1=NOC(C)(C(=O)N[C@@H](CC(=O)O)C(=O)COCN2CCCC2)C1. The Labute approximate surface area is 446 Å². The molecule has 0 bridgehead atoms. The smallest absolute Gasteiger partial charge is 0.341 e. The van der Waals surface area contributed by atoms with Crippen LogP contribution in [0.4, 0.5) is 0 Å². The average molecular weight is 1110 g/mol. The number of ketones is 2. The molecule has 8 N–H and O–H groups in total. The standard InChI is InChI=1S/C25H29Cl2N3O10.C23H36N4O9/c1-12(2)22(29-18(32)7-8-19(33)34)16-10-25(3,40-30-16)24(38)28-15(9-20(35)36)17(31)11-39-23(37)21-13(26)5-4-6-14(21)27;1-14(2)21(25-18(29)6-7-19(30)31)16-11-23(3,36-26-16)22(34)24-15(10-20(32)33)17(28)12-35-13-27-8-4-5-9-27/h4-6,12,15,22H,7-11H2,1-3H3,(H,28,38)(H,29,32)(H,33,34)(H,35,36);14-15,21H,4-13H2,1-3H3,(H,24,34)(H,25,29)(H,30,31)(H,32,33)/t15-,22-,25?;15-,21-,23?/m00/s1. The lowest BCUT2D eigenvalue weighted by molar-refractivity contribution is -0.147. The molecule has 76 heavy (non-hydrogen) atoms. The largest absolute Gasteiger partial charge is 0.481 e. The van der Waals surface area contributed by atoms with Gasteiger partial charge >= 0.3 is 29.8 Å². The van der Waals surface area contributed by atoms with E-state index in [4.69, 9.17) is 52.6 Å². The molecular formula is C48H65Cl2N7O19. The van der Waals surface area contributed by atoms with Crippen molar-refractivity contribution in [2.24, 2.45) is 22.1 Å². The fourth-order valence-corrected chi connectivity index (χ4v) is 8.22. The van der Waals surface area contributed by atoms with Crippen molar-refractivity contribution in [3.63, 3.8) is 0 Å². The Balaban J connectivity index is 0.000000402. The Morgan fingerprint density at radius 1 is 0.632 bits per heavy atom. The molecule has 1 aromatic carbocycles. The molecule has 3 heterocycles. The number of Topliss-reactive ketones (excluding diaryl/α,β-unsaturated/α-hetero) is 2. The lowest BCUT2D eigenvalue weighted by atomic mass is 9.90. The van der Waals surface area contributed by atoms with Crippen LogP contribution in [0.25, 0.3) is 0 Å². The third kappa shape index (κ3) is 20.1. The first-order chi connectivity index (χ1) is 35.5. The number of carboxylic acid groups (broad SMARTS) is 4. The second-order valence-electron chi connectivity index (χ2n) is 19.2. The molecule has 0 spiro atoms. The summed E-state index contributed by atoms with van der Waals surface area (Å²) in [7, 11) is 0. The van der Waals surface area contributed by atoms with Crippen LogP contribution in [0.15, 0.2) is 28.5 Å². The van der Waals surface area contributed by atoms with E-state index in [1.807, 2.05) is 18.7 Å². The first kappa shape index (κ1) is 63.5. The zero-order valence-electron chi connectivity index (χ0n) is 42.8. The summed E-state index contributed by atoms with van der Waals surface area (Å²) in [6, 6.07) is 0.116. The molecule has 0 aliphatic carbocycles. The minimum atomic E-state index is -1.66. The molecule has 1 fully saturated rings. The number of hydrogen-bond donors (Lipinski definition) is 8. The number of aliphatic carboxylic acids is 4. The summed E-state index contributed by atoms with van der Waals surface area (Å²) in [5, 5.41) is 54.1. The van der Waals surface area contributed by atoms with Gasteiger partial charge in [-0.25, -0.2) is 4.79 Å². The van der Waals surface area contributed by atoms with E-state index in [9.17, 15) is 63.0 Å². The van der Waals surface area contributed by atoms with Crippen molar-refractivity contribution in [2.75, 3.05) is 33.0 Å². The fraction of sp³-hybridized carbons (Fsp3) is 0.604. The molecule has 2 unspecified atom stereocenters. The molecule has 26 nitrogen and oxygen atoms in total. The second kappa shape index (κ2) is 29.5. The van der Waals surface area contributed by atoms with Crippen LogP contribution in [0.3, 0.4) is 0 Å². The highest BCUT2D eigenvalue weighted by Gasteiger charge is 2.47. The monoisotopic (exact) mass is 1110 g/mol. The van der Waals surface area contributed by atoms with Crippen molar-refractivity contribution in [3.05, 3.63) is 33.8 Å². The summed E-state index contributed by atoms with van der Waals surface area (Å²) in [5.74, 6) is -10.3. The topological polar surface area (TPSA) is 382 Å². The number of esters is 1. The molecule has 6 atom stereocenters. The van der Waals surface area contributed by atoms with E-state index in [1.165, 1.54) is 32.0 Å². The molecule has 0 saturated carbocycles. The van der Waals surface area contributed by atoms with Crippen molar-refractivity contribution in [3.8, 4) is 0 Å². The normalized spacial score (nSPS) is 19.4. The minimum Gasteiger partial charge on any atom is -0.481 e. The van der Waals surface area contributed by atoms with E-state index in [0.717, 1.165) is 25.9 Å². The Bertz CT molecular complexity index is 2390. The van der Waals surface area contributed by atoms with Crippen molar-refractivity contribution < 1.29 is 92.3 Å². The Hall–Kier alpha value is -6.77. The third-order valence-corrected chi connectivity index (χ3v) is 12.5. The van der Waals surface area contributed by atoms with Gasteiger partial charge in [-0.1, -0.05) is 67.3 Å². The highest BCUT2D eigenvalue weighted by Crippen LogP contribution is 2.30. The van der Waals surface area contributed by atoms with E-state index in [0.29, 0.717) is 11.4 Å². The predicted octanol–water partition coefficient (Wildman–Crippen LogP) is 2.34. The van der Waals surface area contributed by atoms with Gasteiger partial charge in [-0.3, -0.25) is 52.8 Å². The number of halogens is 2. The highest BCUT2D eigenvalue weighted by atomic mass is 35.5. The first-order valence-electron chi connectivity index (χ1n) is 24.1. The Morgan fingerprint density at radius 2 is 1.04 bits per heavy atom. The number of benzene rings is 1. The van der Waals surface area contributed by atoms with E-state index in [2.05, 4.69) is 31.6 Å². The maximum atomic E-state index is 13.1. The van der Waals surface area contributed by atoms with Crippen LogP contribution in [0.5, 0.6) is 0 Å². The zero-order valence-corrected chi connectivity index (χ0v) is 44.3. The van der Waals surface area contributed by atoms with Crippen LogP contribution in [0.1, 0.15) is 116 Å². The van der Waals surface area contributed by atoms with Gasteiger partial charge in [0.25, 0.3) is 11.8 Å². The molecule has 0 aromatic heterocycles. The van der Waals surface area contributed by atoms with Crippen LogP contribution in [0.2, 0.25) is 10.0 Å². The van der Waals surface area contributed by atoms with Crippen LogP contribution in [0, 0.1) is 11.8 Å². The molecule has 1 saturated heterocycles. The lowest BCUT2D eigenvalue weighted by Gasteiger charge is -2.26. The number of carboxylic acids is 4. The summed E-state index contributed by atoms with van der Waals surface area (Å²) >= 11 is 11.9. The van der Waals surface area contributed by atoms with E-state index in [1.54, 1.807) is 13.8 Å². The van der Waals surface area contributed by atoms with Crippen LogP contribution in [-0.2, 0) is 67.1 Å². The number of nitrogens with zero attached hydrogens (tertiary/aromatic N) is 3. The molecule has 4 rings (SSSR count). The van der Waals surface area contributed by atoms with Gasteiger partial charge in [0.1, 0.15) is 18.7 Å². The van der Waals surface area contributed by atoms with Gasteiger partial charge < -0.3 is 60.8 Å². The van der Waals surface area contributed by atoms with Crippen molar-refractivity contribution in [1.82, 2.24) is 26.2 Å². The van der Waals surface area contributed by atoms with Gasteiger partial charge in [0, 0.05) is 38.8 Å². The van der Waals surface area contributed by atoms with Gasteiger partial charge in [0.05, 0.1) is 71.5 Å². The van der Waals surface area contributed by atoms with Crippen molar-refractivity contribution in [2.45, 2.75) is 141 Å². The number of nitrogens with one attached hydrogen (secondary N) is 4. The summed E-state index contributed by atoms with van der Waals surface area (Å²) in [4.78, 5) is 145. The quantitative estimate of drug-likeness (QED) is 0.0534. The third-order valence-electron chi connectivity index (χ3n) is 11.9. The highest BCUT2D eigenvalue weighted by molar-refractivity contribution is 6.39. The van der Waals surface area contributed by atoms with Gasteiger partial charge in [-0.2, -0.15) is 0 Å². The van der Waals surface area contributed by atoms with Gasteiger partial charge in [0.2, 0.25) is 23.0 Å². The Morgan fingerprint density at radius 3 is 1.42 bits per heavy atom. The second-order valence-corrected chi connectivity index (χ2v) is 20.0. The molecule has 1 aromatic rings. The van der Waals surface area contributed by atoms with E-state index in [-0.39, 0.29) is 79.3 Å².